The standard InChI is InChI=1S/C14H16FNO3/c15-8-11(14(18)19)16-13(17)12(10-6-7-10)9-4-2-1-3-5-9/h1-5,10-12H,6-8H2,(H,16,17)(H,18,19). The predicted octanol–water partition coefficient (Wildman–Crippen LogP) is 1.72. The van der Waals surface area contributed by atoms with Crippen LogP contribution in [0.4, 0.5) is 4.39 Å². The lowest BCUT2D eigenvalue weighted by Crippen LogP contribution is -2.44. The van der Waals surface area contributed by atoms with Crippen LogP contribution in [0.5, 0.6) is 0 Å². The van der Waals surface area contributed by atoms with E-state index in [4.69, 9.17) is 5.11 Å². The van der Waals surface area contributed by atoms with E-state index in [2.05, 4.69) is 5.32 Å². The van der Waals surface area contributed by atoms with Gasteiger partial charge in [0, 0.05) is 0 Å². The molecule has 0 spiro atoms. The van der Waals surface area contributed by atoms with Crippen molar-refractivity contribution in [2.24, 2.45) is 5.92 Å². The Kier molecular flexibility index (Phi) is 4.14. The number of hydrogen-bond donors (Lipinski definition) is 2. The van der Waals surface area contributed by atoms with Gasteiger partial charge in [0.15, 0.2) is 6.04 Å². The zero-order valence-electron chi connectivity index (χ0n) is 10.4. The number of carboxylic acids is 1. The van der Waals surface area contributed by atoms with E-state index in [0.29, 0.717) is 0 Å². The summed E-state index contributed by atoms with van der Waals surface area (Å²) in [6, 6.07) is 7.75. The second kappa shape index (κ2) is 5.82. The average Bonchev–Trinajstić information content (AvgIpc) is 3.21. The zero-order chi connectivity index (χ0) is 13.8. The largest absolute Gasteiger partial charge is 0.480 e. The number of alkyl halides is 1. The average molecular weight is 265 g/mol. The molecule has 1 aromatic rings. The number of hydrogen-bond acceptors (Lipinski definition) is 2. The Morgan fingerprint density at radius 2 is 1.95 bits per heavy atom. The van der Waals surface area contributed by atoms with Crippen molar-refractivity contribution in [3.05, 3.63) is 35.9 Å². The molecule has 2 atom stereocenters. The molecule has 5 heteroatoms. The molecule has 0 saturated heterocycles. The Balaban J connectivity index is 2.12. The highest BCUT2D eigenvalue weighted by Gasteiger charge is 2.38. The summed E-state index contributed by atoms with van der Waals surface area (Å²) < 4.78 is 12.6. The van der Waals surface area contributed by atoms with Crippen LogP contribution in [0.3, 0.4) is 0 Å². The van der Waals surface area contributed by atoms with E-state index in [1.54, 1.807) is 0 Å². The molecule has 1 aliphatic rings. The fourth-order valence-electron chi connectivity index (χ4n) is 2.16. The summed E-state index contributed by atoms with van der Waals surface area (Å²) in [6.45, 7) is -1.10. The zero-order valence-corrected chi connectivity index (χ0v) is 10.4. The Bertz CT molecular complexity index is 459. The van der Waals surface area contributed by atoms with Crippen molar-refractivity contribution in [3.8, 4) is 0 Å². The Morgan fingerprint density at radius 1 is 1.32 bits per heavy atom. The molecule has 1 saturated carbocycles. The van der Waals surface area contributed by atoms with Gasteiger partial charge in [-0.05, 0) is 24.3 Å². The number of halogens is 1. The summed E-state index contributed by atoms with van der Waals surface area (Å²) in [4.78, 5) is 22.9. The van der Waals surface area contributed by atoms with Gasteiger partial charge in [-0.2, -0.15) is 0 Å². The van der Waals surface area contributed by atoms with Gasteiger partial charge >= 0.3 is 5.97 Å². The third-order valence-electron chi connectivity index (χ3n) is 3.30. The summed E-state index contributed by atoms with van der Waals surface area (Å²) in [5, 5.41) is 11.0. The number of carboxylic acid groups (broad SMARTS) is 1. The van der Waals surface area contributed by atoms with E-state index in [9.17, 15) is 14.0 Å². The minimum atomic E-state index is -1.46. The first-order valence-electron chi connectivity index (χ1n) is 6.27. The number of amides is 1. The molecule has 1 fully saturated rings. The molecule has 19 heavy (non-hydrogen) atoms. The minimum Gasteiger partial charge on any atom is -0.480 e. The van der Waals surface area contributed by atoms with Gasteiger partial charge in [0.05, 0.1) is 5.92 Å². The number of carbonyl (C=O) groups is 2. The van der Waals surface area contributed by atoms with Crippen LogP contribution in [-0.4, -0.2) is 29.7 Å². The lowest BCUT2D eigenvalue weighted by atomic mass is 9.93. The van der Waals surface area contributed by atoms with Crippen molar-refractivity contribution in [1.29, 1.82) is 0 Å². The van der Waals surface area contributed by atoms with Crippen LogP contribution >= 0.6 is 0 Å². The Hall–Kier alpha value is -1.91. The van der Waals surface area contributed by atoms with Crippen molar-refractivity contribution in [2.45, 2.75) is 24.8 Å². The molecule has 4 nitrogen and oxygen atoms in total. The highest BCUT2D eigenvalue weighted by Crippen LogP contribution is 2.42. The van der Waals surface area contributed by atoms with Crippen molar-refractivity contribution in [3.63, 3.8) is 0 Å². The fourth-order valence-corrected chi connectivity index (χ4v) is 2.16. The molecule has 0 radical (unpaired) electrons. The molecule has 102 valence electrons. The van der Waals surface area contributed by atoms with Gasteiger partial charge in [-0.3, -0.25) is 4.79 Å². The first-order valence-corrected chi connectivity index (χ1v) is 6.27. The van der Waals surface area contributed by atoms with Gasteiger partial charge in [0.2, 0.25) is 5.91 Å². The van der Waals surface area contributed by atoms with E-state index in [1.165, 1.54) is 0 Å². The summed E-state index contributed by atoms with van der Waals surface area (Å²) in [5.74, 6) is -1.90. The first kappa shape index (κ1) is 13.5. The molecule has 0 aliphatic heterocycles. The van der Waals surface area contributed by atoms with Crippen molar-refractivity contribution in [1.82, 2.24) is 5.32 Å². The highest BCUT2D eigenvalue weighted by atomic mass is 19.1. The molecule has 1 amide bonds. The molecular formula is C14H16FNO3. The monoisotopic (exact) mass is 265 g/mol. The molecule has 0 heterocycles. The maximum atomic E-state index is 12.6. The second-order valence-electron chi connectivity index (χ2n) is 4.78. The van der Waals surface area contributed by atoms with Crippen LogP contribution in [-0.2, 0) is 9.59 Å². The quantitative estimate of drug-likeness (QED) is 0.823. The third kappa shape index (κ3) is 3.30. The van der Waals surface area contributed by atoms with E-state index in [-0.39, 0.29) is 11.8 Å². The second-order valence-corrected chi connectivity index (χ2v) is 4.78. The van der Waals surface area contributed by atoms with Crippen molar-refractivity contribution < 1.29 is 19.1 Å². The molecule has 2 rings (SSSR count). The summed E-state index contributed by atoms with van der Waals surface area (Å²) in [7, 11) is 0. The van der Waals surface area contributed by atoms with Crippen LogP contribution < -0.4 is 5.32 Å². The smallest absolute Gasteiger partial charge is 0.328 e. The van der Waals surface area contributed by atoms with Crippen molar-refractivity contribution >= 4 is 11.9 Å². The van der Waals surface area contributed by atoms with E-state index >= 15 is 0 Å². The van der Waals surface area contributed by atoms with E-state index in [0.717, 1.165) is 18.4 Å². The number of carbonyl (C=O) groups excluding carboxylic acids is 1. The topological polar surface area (TPSA) is 66.4 Å². The molecule has 2 unspecified atom stereocenters. The van der Waals surface area contributed by atoms with Crippen molar-refractivity contribution in [2.75, 3.05) is 6.67 Å². The number of nitrogens with one attached hydrogen (secondary N) is 1. The lowest BCUT2D eigenvalue weighted by Gasteiger charge is -2.19. The molecule has 1 aliphatic carbocycles. The van der Waals surface area contributed by atoms with Gasteiger partial charge in [0.25, 0.3) is 0 Å². The molecule has 2 N–H and O–H groups in total. The maximum absolute atomic E-state index is 12.6. The summed E-state index contributed by atoms with van der Waals surface area (Å²) >= 11 is 0. The van der Waals surface area contributed by atoms with E-state index < -0.39 is 24.6 Å². The fraction of sp³-hybridized carbons (Fsp3) is 0.429. The molecule has 1 aromatic carbocycles. The maximum Gasteiger partial charge on any atom is 0.328 e. The lowest BCUT2D eigenvalue weighted by molar-refractivity contribution is -0.142. The molecule has 0 bridgehead atoms. The Morgan fingerprint density at radius 3 is 2.42 bits per heavy atom. The van der Waals surface area contributed by atoms with Gasteiger partial charge < -0.3 is 10.4 Å². The SMILES string of the molecule is O=C(O)C(CF)NC(=O)C(c1ccccc1)C1CC1. The normalized spacial score (nSPS) is 17.5. The molecular weight excluding hydrogens is 249 g/mol. The number of rotatable bonds is 6. The number of aliphatic carboxylic acids is 1. The van der Waals surface area contributed by atoms with E-state index in [1.807, 2.05) is 30.3 Å². The number of benzene rings is 1. The first-order chi connectivity index (χ1) is 9.13. The predicted molar refractivity (Wildman–Crippen MR) is 67.4 cm³/mol. The van der Waals surface area contributed by atoms with Crippen LogP contribution in [0.2, 0.25) is 0 Å². The van der Waals surface area contributed by atoms with Crippen LogP contribution in [0, 0.1) is 5.92 Å². The van der Waals surface area contributed by atoms with Gasteiger partial charge in [0.1, 0.15) is 6.67 Å². The van der Waals surface area contributed by atoms with Gasteiger partial charge in [-0.15, -0.1) is 0 Å². The third-order valence-corrected chi connectivity index (χ3v) is 3.30. The van der Waals surface area contributed by atoms with Crippen LogP contribution in [0.15, 0.2) is 30.3 Å². The van der Waals surface area contributed by atoms with Crippen LogP contribution in [0.1, 0.15) is 24.3 Å². The molecule has 0 aromatic heterocycles. The Labute approximate surface area is 110 Å². The van der Waals surface area contributed by atoms with Gasteiger partial charge in [-0.1, -0.05) is 30.3 Å². The van der Waals surface area contributed by atoms with Crippen LogP contribution in [0.25, 0.3) is 0 Å². The highest BCUT2D eigenvalue weighted by molar-refractivity contribution is 5.88. The van der Waals surface area contributed by atoms with Gasteiger partial charge in [-0.25, -0.2) is 9.18 Å². The summed E-state index contributed by atoms with van der Waals surface area (Å²) in [6.07, 6.45) is 1.89. The minimum absolute atomic E-state index is 0.233. The summed E-state index contributed by atoms with van der Waals surface area (Å²) in [5.41, 5.74) is 0.852.